The Morgan fingerprint density at radius 1 is 1.03 bits per heavy atom. The maximum Gasteiger partial charge on any atom is 0.311 e. The van der Waals surface area contributed by atoms with Crippen molar-refractivity contribution in [1.82, 2.24) is 14.9 Å². The lowest BCUT2D eigenvalue weighted by Gasteiger charge is -2.08. The van der Waals surface area contributed by atoms with E-state index in [1.54, 1.807) is 0 Å². The summed E-state index contributed by atoms with van der Waals surface area (Å²) in [6.45, 7) is 0.864. The first-order valence-corrected chi connectivity index (χ1v) is 10.6. The number of esters is 1. The maximum absolute atomic E-state index is 12.1. The Kier molecular flexibility index (Phi) is 5.04. The maximum atomic E-state index is 12.1. The van der Waals surface area contributed by atoms with Crippen LogP contribution in [-0.2, 0) is 11.2 Å². The first-order chi connectivity index (χ1) is 15.1. The zero-order chi connectivity index (χ0) is 21.4. The van der Waals surface area contributed by atoms with Gasteiger partial charge in [0.15, 0.2) is 0 Å². The Balaban J connectivity index is 1.43. The van der Waals surface area contributed by atoms with Crippen molar-refractivity contribution in [3.8, 4) is 28.3 Å². The van der Waals surface area contributed by atoms with Gasteiger partial charge < -0.3 is 14.6 Å². The number of rotatable bonds is 6. The molecule has 3 aromatic carbocycles. The molecule has 4 aromatic rings. The molecule has 0 atom stereocenters. The Labute approximate surface area is 181 Å². The standard InChI is InChI=1S/C26H25N3O2/c1-29(2)14-6-11-24(30)31-19-12-13-22-23(16-19)28-26(27-22)21-10-5-8-18-15-17-7-3-4-9-20(17)25(18)21/h3-5,7-10,12-13,16H,6,11,14-15H2,1-2H3,(H,27,28). The van der Waals surface area contributed by atoms with Crippen molar-refractivity contribution in [2.24, 2.45) is 0 Å². The molecule has 5 rings (SSSR count). The molecular formula is C26H25N3O2. The fourth-order valence-corrected chi connectivity index (χ4v) is 4.29. The van der Waals surface area contributed by atoms with Gasteiger partial charge in [-0.3, -0.25) is 4.79 Å². The van der Waals surface area contributed by atoms with Crippen LogP contribution in [0.25, 0.3) is 33.5 Å². The molecule has 0 saturated heterocycles. The molecule has 0 spiro atoms. The highest BCUT2D eigenvalue weighted by Crippen LogP contribution is 2.42. The predicted molar refractivity (Wildman–Crippen MR) is 123 cm³/mol. The van der Waals surface area contributed by atoms with Crippen LogP contribution in [-0.4, -0.2) is 41.5 Å². The molecule has 1 aromatic heterocycles. The fourth-order valence-electron chi connectivity index (χ4n) is 4.29. The van der Waals surface area contributed by atoms with Crippen LogP contribution >= 0.6 is 0 Å². The van der Waals surface area contributed by atoms with Gasteiger partial charge in [0.25, 0.3) is 0 Å². The number of carbonyl (C=O) groups excluding carboxylic acids is 1. The van der Waals surface area contributed by atoms with Gasteiger partial charge in [0, 0.05) is 18.1 Å². The molecule has 156 valence electrons. The van der Waals surface area contributed by atoms with Crippen molar-refractivity contribution in [3.05, 3.63) is 71.8 Å². The summed E-state index contributed by atoms with van der Waals surface area (Å²) in [4.78, 5) is 22.5. The van der Waals surface area contributed by atoms with Crippen molar-refractivity contribution >= 4 is 17.0 Å². The molecule has 0 amide bonds. The quantitative estimate of drug-likeness (QED) is 0.314. The van der Waals surface area contributed by atoms with Crippen molar-refractivity contribution in [1.29, 1.82) is 0 Å². The van der Waals surface area contributed by atoms with Crippen LogP contribution < -0.4 is 4.74 Å². The van der Waals surface area contributed by atoms with Gasteiger partial charge >= 0.3 is 5.97 Å². The van der Waals surface area contributed by atoms with Crippen molar-refractivity contribution < 1.29 is 9.53 Å². The predicted octanol–water partition coefficient (Wildman–Crippen LogP) is 5.05. The number of carbonyl (C=O) groups is 1. The van der Waals surface area contributed by atoms with Crippen LogP contribution in [0.5, 0.6) is 5.75 Å². The van der Waals surface area contributed by atoms with Crippen LogP contribution in [0.3, 0.4) is 0 Å². The molecule has 1 aliphatic carbocycles. The molecule has 1 N–H and O–H groups in total. The zero-order valence-electron chi connectivity index (χ0n) is 17.8. The van der Waals surface area contributed by atoms with Crippen molar-refractivity contribution in [2.45, 2.75) is 19.3 Å². The highest BCUT2D eigenvalue weighted by Gasteiger charge is 2.22. The number of nitrogens with one attached hydrogen (secondary N) is 1. The number of nitrogens with zero attached hydrogens (tertiary/aromatic N) is 2. The first kappa shape index (κ1) is 19.5. The lowest BCUT2D eigenvalue weighted by atomic mass is 9.99. The van der Waals surface area contributed by atoms with Gasteiger partial charge in [-0.15, -0.1) is 0 Å². The molecule has 5 heteroatoms. The highest BCUT2D eigenvalue weighted by atomic mass is 16.5. The van der Waals surface area contributed by atoms with E-state index in [9.17, 15) is 4.79 Å². The molecule has 0 unspecified atom stereocenters. The van der Waals surface area contributed by atoms with Crippen LogP contribution in [0.15, 0.2) is 60.7 Å². The third kappa shape index (κ3) is 3.84. The molecule has 0 fully saturated rings. The summed E-state index contributed by atoms with van der Waals surface area (Å²) in [5, 5.41) is 0. The van der Waals surface area contributed by atoms with E-state index >= 15 is 0 Å². The summed E-state index contributed by atoms with van der Waals surface area (Å²) >= 11 is 0. The number of aromatic amines is 1. The van der Waals surface area contributed by atoms with Gasteiger partial charge in [-0.25, -0.2) is 4.98 Å². The molecule has 0 bridgehead atoms. The average Bonchev–Trinajstić information content (AvgIpc) is 3.34. The molecule has 1 heterocycles. The number of benzene rings is 3. The van der Waals surface area contributed by atoms with Crippen LogP contribution in [0.4, 0.5) is 0 Å². The van der Waals surface area contributed by atoms with Gasteiger partial charge in [-0.2, -0.15) is 0 Å². The van der Waals surface area contributed by atoms with E-state index in [2.05, 4.69) is 52.3 Å². The van der Waals surface area contributed by atoms with Gasteiger partial charge in [0.1, 0.15) is 11.6 Å². The minimum atomic E-state index is -0.210. The number of imidazole rings is 1. The fraction of sp³-hybridized carbons (Fsp3) is 0.231. The third-order valence-electron chi connectivity index (χ3n) is 5.74. The third-order valence-corrected chi connectivity index (χ3v) is 5.74. The number of fused-ring (bicyclic) bond motifs is 4. The Bertz CT molecular complexity index is 1270. The monoisotopic (exact) mass is 411 g/mol. The van der Waals surface area contributed by atoms with E-state index in [1.165, 1.54) is 22.3 Å². The van der Waals surface area contributed by atoms with Crippen molar-refractivity contribution in [2.75, 3.05) is 20.6 Å². The summed E-state index contributed by atoms with van der Waals surface area (Å²) in [6, 6.07) is 20.5. The SMILES string of the molecule is CN(C)CCCC(=O)Oc1ccc2nc(-c3cccc4c3-c3ccccc3C4)[nH]c2c1. The van der Waals surface area contributed by atoms with Gasteiger partial charge in [-0.05, 0) is 67.9 Å². The summed E-state index contributed by atoms with van der Waals surface area (Å²) in [5.41, 5.74) is 8.02. The molecule has 1 aliphatic rings. The van der Waals surface area contributed by atoms with Crippen LogP contribution in [0.1, 0.15) is 24.0 Å². The number of hydrogen-bond donors (Lipinski definition) is 1. The van der Waals surface area contributed by atoms with Crippen LogP contribution in [0, 0.1) is 0 Å². The van der Waals surface area contributed by atoms with E-state index < -0.39 is 0 Å². The molecule has 0 saturated carbocycles. The lowest BCUT2D eigenvalue weighted by Crippen LogP contribution is -2.16. The zero-order valence-corrected chi connectivity index (χ0v) is 17.8. The number of H-pyrrole nitrogens is 1. The summed E-state index contributed by atoms with van der Waals surface area (Å²) in [6.07, 6.45) is 2.14. The topological polar surface area (TPSA) is 58.2 Å². The molecule has 31 heavy (non-hydrogen) atoms. The largest absolute Gasteiger partial charge is 0.426 e. The van der Waals surface area contributed by atoms with Gasteiger partial charge in [-0.1, -0.05) is 42.5 Å². The van der Waals surface area contributed by atoms with E-state index in [1.807, 2.05) is 32.3 Å². The van der Waals surface area contributed by atoms with Crippen molar-refractivity contribution in [3.63, 3.8) is 0 Å². The van der Waals surface area contributed by atoms with E-state index in [4.69, 9.17) is 9.72 Å². The normalized spacial score (nSPS) is 12.2. The summed E-state index contributed by atoms with van der Waals surface area (Å²) in [7, 11) is 3.99. The van der Waals surface area contributed by atoms with E-state index in [0.717, 1.165) is 41.8 Å². The highest BCUT2D eigenvalue weighted by molar-refractivity contribution is 5.91. The second-order valence-corrected chi connectivity index (χ2v) is 8.32. The molecule has 0 aliphatic heterocycles. The minimum Gasteiger partial charge on any atom is -0.426 e. The minimum absolute atomic E-state index is 0.210. The molecule has 0 radical (unpaired) electrons. The summed E-state index contributed by atoms with van der Waals surface area (Å²) < 4.78 is 5.53. The number of hydrogen-bond acceptors (Lipinski definition) is 4. The second-order valence-electron chi connectivity index (χ2n) is 8.32. The lowest BCUT2D eigenvalue weighted by molar-refractivity contribution is -0.134. The Morgan fingerprint density at radius 2 is 1.84 bits per heavy atom. The summed E-state index contributed by atoms with van der Waals surface area (Å²) in [5.74, 6) is 1.16. The first-order valence-electron chi connectivity index (χ1n) is 10.6. The average molecular weight is 412 g/mol. The number of aromatic nitrogens is 2. The molecule has 5 nitrogen and oxygen atoms in total. The van der Waals surface area contributed by atoms with Gasteiger partial charge in [0.2, 0.25) is 0 Å². The Morgan fingerprint density at radius 3 is 2.71 bits per heavy atom. The van der Waals surface area contributed by atoms with Gasteiger partial charge in [0.05, 0.1) is 11.0 Å². The smallest absolute Gasteiger partial charge is 0.311 e. The number of ether oxygens (including phenoxy) is 1. The van der Waals surface area contributed by atoms with Crippen LogP contribution in [0.2, 0.25) is 0 Å². The van der Waals surface area contributed by atoms with E-state index in [0.29, 0.717) is 12.2 Å². The second kappa shape index (κ2) is 8.00. The molecular weight excluding hydrogens is 386 g/mol. The Hall–Kier alpha value is -3.44. The van der Waals surface area contributed by atoms with E-state index in [-0.39, 0.29) is 5.97 Å².